The Morgan fingerprint density at radius 2 is 2.15 bits per heavy atom. The molecule has 1 atom stereocenters. The van der Waals surface area contributed by atoms with Crippen molar-refractivity contribution in [3.05, 3.63) is 33.8 Å². The van der Waals surface area contributed by atoms with Gasteiger partial charge in [-0.15, -0.1) is 0 Å². The molecule has 1 amide bonds. The van der Waals surface area contributed by atoms with Crippen LogP contribution in [0.25, 0.3) is 0 Å². The highest BCUT2D eigenvalue weighted by Gasteiger charge is 2.28. The lowest BCUT2D eigenvalue weighted by molar-refractivity contribution is -0.127. The largest absolute Gasteiger partial charge is 0.355 e. The molecule has 2 rings (SSSR count). The van der Waals surface area contributed by atoms with Crippen LogP contribution in [-0.4, -0.2) is 43.0 Å². The van der Waals surface area contributed by atoms with Crippen molar-refractivity contribution in [2.24, 2.45) is 0 Å². The van der Waals surface area contributed by atoms with E-state index in [0.717, 1.165) is 18.7 Å². The first-order valence-corrected chi connectivity index (χ1v) is 7.54. The van der Waals surface area contributed by atoms with Crippen LogP contribution in [-0.2, 0) is 11.3 Å². The molecule has 1 fully saturated rings. The third-order valence-corrected chi connectivity index (χ3v) is 4.14. The number of hydrogen-bond acceptors (Lipinski definition) is 3. The molecule has 0 radical (unpaired) electrons. The van der Waals surface area contributed by atoms with Crippen molar-refractivity contribution in [2.45, 2.75) is 19.5 Å². The average molecular weight is 316 g/mol. The highest BCUT2D eigenvalue weighted by molar-refractivity contribution is 6.35. The molecule has 1 aromatic rings. The van der Waals surface area contributed by atoms with Crippen molar-refractivity contribution in [2.75, 3.05) is 26.2 Å². The number of amides is 1. The third kappa shape index (κ3) is 3.64. The fourth-order valence-electron chi connectivity index (χ4n) is 2.37. The van der Waals surface area contributed by atoms with Gasteiger partial charge in [0.2, 0.25) is 5.91 Å². The van der Waals surface area contributed by atoms with Crippen LogP contribution in [0, 0.1) is 0 Å². The van der Waals surface area contributed by atoms with Gasteiger partial charge in [-0.2, -0.15) is 0 Å². The highest BCUT2D eigenvalue weighted by Crippen LogP contribution is 2.26. The molecule has 1 aromatic carbocycles. The molecule has 0 aliphatic carbocycles. The van der Waals surface area contributed by atoms with E-state index in [9.17, 15) is 4.79 Å². The van der Waals surface area contributed by atoms with E-state index in [1.807, 2.05) is 25.1 Å². The lowest BCUT2D eigenvalue weighted by Crippen LogP contribution is -2.57. The maximum absolute atomic E-state index is 12.1. The zero-order valence-electron chi connectivity index (χ0n) is 11.5. The Morgan fingerprint density at radius 1 is 1.45 bits per heavy atom. The van der Waals surface area contributed by atoms with E-state index >= 15 is 0 Å². The van der Waals surface area contributed by atoms with E-state index < -0.39 is 0 Å². The van der Waals surface area contributed by atoms with Crippen molar-refractivity contribution in [3.8, 4) is 0 Å². The fraction of sp³-hybridized carbons (Fsp3) is 0.500. The summed E-state index contributed by atoms with van der Waals surface area (Å²) in [7, 11) is 0. The first-order valence-electron chi connectivity index (χ1n) is 6.79. The Bertz CT molecular complexity index is 461. The Kier molecular flexibility index (Phi) is 5.66. The zero-order valence-corrected chi connectivity index (χ0v) is 13.0. The van der Waals surface area contributed by atoms with E-state index in [1.165, 1.54) is 0 Å². The molecule has 0 bridgehead atoms. The number of hydrogen-bond donors (Lipinski definition) is 2. The van der Waals surface area contributed by atoms with E-state index in [2.05, 4.69) is 15.5 Å². The van der Waals surface area contributed by atoms with Crippen LogP contribution in [0.3, 0.4) is 0 Å². The van der Waals surface area contributed by atoms with Gasteiger partial charge in [-0.25, -0.2) is 0 Å². The summed E-state index contributed by atoms with van der Waals surface area (Å²) in [5, 5.41) is 7.41. The quantitative estimate of drug-likeness (QED) is 0.892. The minimum Gasteiger partial charge on any atom is -0.355 e. The van der Waals surface area contributed by atoms with Crippen LogP contribution in [0.5, 0.6) is 0 Å². The number of rotatable bonds is 4. The number of carbonyl (C=O) groups is 1. The van der Waals surface area contributed by atoms with Crippen molar-refractivity contribution in [1.29, 1.82) is 0 Å². The molecule has 4 nitrogen and oxygen atoms in total. The second-order valence-electron chi connectivity index (χ2n) is 4.79. The number of carbonyl (C=O) groups excluding carboxylic acids is 1. The molecule has 1 saturated heterocycles. The van der Waals surface area contributed by atoms with Crippen LogP contribution >= 0.6 is 23.2 Å². The molecule has 20 heavy (non-hydrogen) atoms. The predicted octanol–water partition coefficient (Wildman–Crippen LogP) is 1.90. The summed E-state index contributed by atoms with van der Waals surface area (Å²) < 4.78 is 0. The molecular formula is C14H19Cl2N3O. The summed E-state index contributed by atoms with van der Waals surface area (Å²) >= 11 is 12.4. The predicted molar refractivity (Wildman–Crippen MR) is 82.2 cm³/mol. The Labute approximate surface area is 129 Å². The molecule has 110 valence electrons. The Balaban J connectivity index is 2.14. The lowest BCUT2D eigenvalue weighted by Gasteiger charge is -2.35. The topological polar surface area (TPSA) is 44.4 Å². The molecule has 1 heterocycles. The fourth-order valence-corrected chi connectivity index (χ4v) is 2.89. The summed E-state index contributed by atoms with van der Waals surface area (Å²) in [4.78, 5) is 14.2. The van der Waals surface area contributed by atoms with Gasteiger partial charge in [0.1, 0.15) is 6.04 Å². The van der Waals surface area contributed by atoms with Gasteiger partial charge in [-0.3, -0.25) is 9.69 Å². The second kappa shape index (κ2) is 7.27. The van der Waals surface area contributed by atoms with Gasteiger partial charge >= 0.3 is 0 Å². The normalized spacial score (nSPS) is 19.9. The first-order chi connectivity index (χ1) is 9.63. The molecular weight excluding hydrogens is 297 g/mol. The van der Waals surface area contributed by atoms with Crippen molar-refractivity contribution in [3.63, 3.8) is 0 Å². The summed E-state index contributed by atoms with van der Waals surface area (Å²) in [6.07, 6.45) is 0. The molecule has 1 aliphatic rings. The van der Waals surface area contributed by atoms with Gasteiger partial charge in [0, 0.05) is 48.3 Å². The molecule has 0 aromatic heterocycles. The molecule has 1 unspecified atom stereocenters. The van der Waals surface area contributed by atoms with E-state index in [0.29, 0.717) is 29.7 Å². The molecule has 2 N–H and O–H groups in total. The average Bonchev–Trinajstić information content (AvgIpc) is 2.44. The summed E-state index contributed by atoms with van der Waals surface area (Å²) in [5.41, 5.74) is 0.882. The maximum Gasteiger partial charge on any atom is 0.238 e. The van der Waals surface area contributed by atoms with Crippen LogP contribution in [0.2, 0.25) is 10.0 Å². The van der Waals surface area contributed by atoms with E-state index in [1.54, 1.807) is 0 Å². The second-order valence-corrected chi connectivity index (χ2v) is 5.60. The van der Waals surface area contributed by atoms with Crippen LogP contribution in [0.4, 0.5) is 0 Å². The van der Waals surface area contributed by atoms with Crippen molar-refractivity contribution < 1.29 is 4.79 Å². The number of likely N-dealkylation sites (N-methyl/N-ethyl adjacent to an activating group) is 1. The van der Waals surface area contributed by atoms with Gasteiger partial charge in [-0.1, -0.05) is 29.3 Å². The first kappa shape index (κ1) is 15.6. The molecule has 0 spiro atoms. The molecule has 1 aliphatic heterocycles. The number of piperazine rings is 1. The van der Waals surface area contributed by atoms with Gasteiger partial charge in [-0.05, 0) is 19.1 Å². The minimum absolute atomic E-state index is 0.0443. The van der Waals surface area contributed by atoms with E-state index in [4.69, 9.17) is 23.2 Å². The third-order valence-electron chi connectivity index (χ3n) is 3.43. The summed E-state index contributed by atoms with van der Waals surface area (Å²) in [5.74, 6) is 0.0443. The van der Waals surface area contributed by atoms with Gasteiger partial charge in [0.05, 0.1) is 0 Å². The lowest BCUT2D eigenvalue weighted by atomic mass is 10.1. The summed E-state index contributed by atoms with van der Waals surface area (Å²) in [6.45, 7) is 5.44. The highest BCUT2D eigenvalue weighted by atomic mass is 35.5. The molecule has 0 saturated carbocycles. The minimum atomic E-state index is -0.184. The number of nitrogens with one attached hydrogen (secondary N) is 2. The van der Waals surface area contributed by atoms with Gasteiger partial charge in [0.25, 0.3) is 0 Å². The Hall–Kier alpha value is -0.810. The van der Waals surface area contributed by atoms with Gasteiger partial charge < -0.3 is 10.6 Å². The number of benzene rings is 1. The van der Waals surface area contributed by atoms with Crippen LogP contribution < -0.4 is 10.6 Å². The number of halogens is 2. The van der Waals surface area contributed by atoms with Gasteiger partial charge in [0.15, 0.2) is 0 Å². The zero-order chi connectivity index (χ0) is 14.5. The Morgan fingerprint density at radius 3 is 2.80 bits per heavy atom. The van der Waals surface area contributed by atoms with Crippen molar-refractivity contribution in [1.82, 2.24) is 15.5 Å². The number of nitrogens with zero attached hydrogens (tertiary/aromatic N) is 1. The standard InChI is InChI=1S/C14H19Cl2N3O/c1-2-18-14(20)13-8-17-6-7-19(13)9-10-11(15)4-3-5-12(10)16/h3-5,13,17H,2,6-9H2,1H3,(H,18,20). The smallest absolute Gasteiger partial charge is 0.238 e. The molecule has 6 heteroatoms. The van der Waals surface area contributed by atoms with Crippen LogP contribution in [0.15, 0.2) is 18.2 Å². The van der Waals surface area contributed by atoms with Crippen LogP contribution in [0.1, 0.15) is 12.5 Å². The monoisotopic (exact) mass is 315 g/mol. The SMILES string of the molecule is CCNC(=O)C1CNCCN1Cc1c(Cl)cccc1Cl. The summed E-state index contributed by atoms with van der Waals surface area (Å²) in [6, 6.07) is 5.29. The van der Waals surface area contributed by atoms with Crippen molar-refractivity contribution >= 4 is 29.1 Å². The maximum atomic E-state index is 12.1. The van der Waals surface area contributed by atoms with E-state index in [-0.39, 0.29) is 11.9 Å².